The number of carbonyl (C=O) groups excluding carboxylic acids is 1. The zero-order valence-electron chi connectivity index (χ0n) is 11.7. The molecule has 0 saturated heterocycles. The molecule has 0 radical (unpaired) electrons. The average Bonchev–Trinajstić information content (AvgIpc) is 2.95. The first-order valence-corrected chi connectivity index (χ1v) is 7.50. The molecule has 4 nitrogen and oxygen atoms in total. The minimum absolute atomic E-state index is 0.147. The third-order valence-corrected chi connectivity index (χ3v) is 4.07. The number of nitrogens with one attached hydrogen (secondary N) is 1. The zero-order chi connectivity index (χ0) is 13.8. The highest BCUT2D eigenvalue weighted by Gasteiger charge is 2.19. The minimum Gasteiger partial charge on any atom is -0.454 e. The van der Waals surface area contributed by atoms with Gasteiger partial charge in [-0.25, -0.2) is 0 Å². The van der Waals surface area contributed by atoms with Crippen molar-refractivity contribution in [1.29, 1.82) is 0 Å². The molecule has 20 heavy (non-hydrogen) atoms. The Morgan fingerprint density at radius 1 is 1.20 bits per heavy atom. The van der Waals surface area contributed by atoms with Gasteiger partial charge >= 0.3 is 0 Å². The van der Waals surface area contributed by atoms with Crippen LogP contribution < -0.4 is 14.8 Å². The summed E-state index contributed by atoms with van der Waals surface area (Å²) in [4.78, 5) is 12.0. The molecular formula is C16H21NO3. The van der Waals surface area contributed by atoms with Gasteiger partial charge in [0.15, 0.2) is 11.5 Å². The van der Waals surface area contributed by atoms with Crippen LogP contribution in [0.5, 0.6) is 11.5 Å². The van der Waals surface area contributed by atoms with Gasteiger partial charge < -0.3 is 14.8 Å². The first kappa shape index (κ1) is 13.3. The van der Waals surface area contributed by atoms with E-state index in [1.807, 2.05) is 18.2 Å². The molecule has 1 heterocycles. The van der Waals surface area contributed by atoms with Gasteiger partial charge in [-0.1, -0.05) is 31.4 Å². The predicted octanol–water partition coefficient (Wildman–Crippen LogP) is 2.80. The molecule has 3 rings (SSSR count). The second-order valence-electron chi connectivity index (χ2n) is 5.55. The van der Waals surface area contributed by atoms with Crippen molar-refractivity contribution < 1.29 is 14.3 Å². The molecule has 1 amide bonds. The molecule has 0 bridgehead atoms. The molecule has 1 aliphatic heterocycles. The molecule has 0 spiro atoms. The summed E-state index contributed by atoms with van der Waals surface area (Å²) in [5.41, 5.74) is 1.05. The van der Waals surface area contributed by atoms with Crippen molar-refractivity contribution in [2.75, 3.05) is 6.79 Å². The van der Waals surface area contributed by atoms with Crippen LogP contribution in [0, 0.1) is 0 Å². The van der Waals surface area contributed by atoms with Gasteiger partial charge in [0, 0.05) is 12.5 Å². The average molecular weight is 275 g/mol. The number of hydrogen-bond acceptors (Lipinski definition) is 3. The van der Waals surface area contributed by atoms with Gasteiger partial charge in [0.05, 0.1) is 0 Å². The standard InChI is InChI=1S/C16H21NO3/c18-15(17-13-6-2-1-3-7-13)10-9-12-5-4-8-14-16(12)20-11-19-14/h4-5,8,13H,1-3,6-7,9-11H2,(H,17,18). The van der Waals surface area contributed by atoms with Crippen molar-refractivity contribution in [1.82, 2.24) is 5.32 Å². The summed E-state index contributed by atoms with van der Waals surface area (Å²) in [7, 11) is 0. The van der Waals surface area contributed by atoms with Crippen molar-refractivity contribution in [2.45, 2.75) is 51.0 Å². The van der Waals surface area contributed by atoms with Crippen LogP contribution in [-0.2, 0) is 11.2 Å². The van der Waals surface area contributed by atoms with Crippen LogP contribution in [0.1, 0.15) is 44.1 Å². The summed E-state index contributed by atoms with van der Waals surface area (Å²) < 4.78 is 10.8. The van der Waals surface area contributed by atoms with E-state index in [1.54, 1.807) is 0 Å². The van der Waals surface area contributed by atoms with E-state index in [0.717, 1.165) is 29.9 Å². The fraction of sp³-hybridized carbons (Fsp3) is 0.562. The molecule has 1 saturated carbocycles. The molecule has 1 aliphatic carbocycles. The predicted molar refractivity (Wildman–Crippen MR) is 75.9 cm³/mol. The van der Waals surface area contributed by atoms with Crippen molar-refractivity contribution in [2.24, 2.45) is 0 Å². The Morgan fingerprint density at radius 3 is 2.90 bits per heavy atom. The lowest BCUT2D eigenvalue weighted by atomic mass is 9.95. The van der Waals surface area contributed by atoms with Gasteiger partial charge in [0.25, 0.3) is 0 Å². The first-order chi connectivity index (χ1) is 9.83. The first-order valence-electron chi connectivity index (χ1n) is 7.50. The number of benzene rings is 1. The highest BCUT2D eigenvalue weighted by molar-refractivity contribution is 5.76. The summed E-state index contributed by atoms with van der Waals surface area (Å²) >= 11 is 0. The number of ether oxygens (including phenoxy) is 2. The molecule has 1 aromatic carbocycles. The van der Waals surface area contributed by atoms with Crippen LogP contribution in [0.15, 0.2) is 18.2 Å². The number of hydrogen-bond donors (Lipinski definition) is 1. The van der Waals surface area contributed by atoms with Gasteiger partial charge in [-0.05, 0) is 30.9 Å². The highest BCUT2D eigenvalue weighted by atomic mass is 16.7. The molecule has 4 heteroatoms. The van der Waals surface area contributed by atoms with Crippen LogP contribution in [-0.4, -0.2) is 18.7 Å². The zero-order valence-corrected chi connectivity index (χ0v) is 11.7. The van der Waals surface area contributed by atoms with E-state index in [0.29, 0.717) is 18.9 Å². The number of fused-ring (bicyclic) bond motifs is 1. The minimum atomic E-state index is 0.147. The van der Waals surface area contributed by atoms with Crippen LogP contribution >= 0.6 is 0 Å². The second-order valence-corrected chi connectivity index (χ2v) is 5.55. The summed E-state index contributed by atoms with van der Waals surface area (Å²) in [5, 5.41) is 3.15. The summed E-state index contributed by atoms with van der Waals surface area (Å²) in [5.74, 6) is 1.74. The molecule has 1 N–H and O–H groups in total. The Kier molecular flexibility index (Phi) is 4.09. The lowest BCUT2D eigenvalue weighted by Gasteiger charge is -2.22. The van der Waals surface area contributed by atoms with E-state index >= 15 is 0 Å². The Bertz CT molecular complexity index is 481. The monoisotopic (exact) mass is 275 g/mol. The number of para-hydroxylation sites is 1. The molecule has 108 valence electrons. The van der Waals surface area contributed by atoms with Crippen molar-refractivity contribution in [3.8, 4) is 11.5 Å². The third-order valence-electron chi connectivity index (χ3n) is 4.07. The van der Waals surface area contributed by atoms with Gasteiger partial charge in [-0.3, -0.25) is 4.79 Å². The fourth-order valence-corrected chi connectivity index (χ4v) is 2.98. The normalized spacial score (nSPS) is 18.0. The van der Waals surface area contributed by atoms with E-state index < -0.39 is 0 Å². The van der Waals surface area contributed by atoms with Crippen LogP contribution in [0.4, 0.5) is 0 Å². The third kappa shape index (κ3) is 3.06. The highest BCUT2D eigenvalue weighted by Crippen LogP contribution is 2.35. The van der Waals surface area contributed by atoms with E-state index in [-0.39, 0.29) is 12.7 Å². The maximum Gasteiger partial charge on any atom is 0.231 e. The Hall–Kier alpha value is -1.71. The van der Waals surface area contributed by atoms with Crippen molar-refractivity contribution in [3.05, 3.63) is 23.8 Å². The van der Waals surface area contributed by atoms with Crippen LogP contribution in [0.25, 0.3) is 0 Å². The number of carbonyl (C=O) groups is 1. The maximum atomic E-state index is 12.0. The van der Waals surface area contributed by atoms with E-state index in [9.17, 15) is 4.79 Å². The van der Waals surface area contributed by atoms with E-state index in [4.69, 9.17) is 9.47 Å². The molecule has 0 aromatic heterocycles. The number of amides is 1. The largest absolute Gasteiger partial charge is 0.454 e. The maximum absolute atomic E-state index is 12.0. The van der Waals surface area contributed by atoms with Crippen LogP contribution in [0.3, 0.4) is 0 Å². The molecule has 1 fully saturated rings. The van der Waals surface area contributed by atoms with Gasteiger partial charge in [-0.15, -0.1) is 0 Å². The Morgan fingerprint density at radius 2 is 2.05 bits per heavy atom. The number of rotatable bonds is 4. The smallest absolute Gasteiger partial charge is 0.231 e. The van der Waals surface area contributed by atoms with Crippen molar-refractivity contribution in [3.63, 3.8) is 0 Å². The lowest BCUT2D eigenvalue weighted by molar-refractivity contribution is -0.121. The van der Waals surface area contributed by atoms with Gasteiger partial charge in [-0.2, -0.15) is 0 Å². The Balaban J connectivity index is 1.51. The van der Waals surface area contributed by atoms with Crippen molar-refractivity contribution >= 4 is 5.91 Å². The van der Waals surface area contributed by atoms with Gasteiger partial charge in [0.2, 0.25) is 12.7 Å². The molecule has 2 aliphatic rings. The fourth-order valence-electron chi connectivity index (χ4n) is 2.98. The molecule has 0 unspecified atom stereocenters. The van der Waals surface area contributed by atoms with E-state index in [2.05, 4.69) is 5.32 Å². The molecule has 0 atom stereocenters. The van der Waals surface area contributed by atoms with Crippen LogP contribution in [0.2, 0.25) is 0 Å². The van der Waals surface area contributed by atoms with E-state index in [1.165, 1.54) is 19.3 Å². The SMILES string of the molecule is O=C(CCc1cccc2c1OCO2)NC1CCCCC1. The molecule has 1 aromatic rings. The summed E-state index contributed by atoms with van der Waals surface area (Å²) in [6.07, 6.45) is 7.25. The second kappa shape index (κ2) is 6.16. The Labute approximate surface area is 119 Å². The number of aryl methyl sites for hydroxylation is 1. The quantitative estimate of drug-likeness (QED) is 0.919. The lowest BCUT2D eigenvalue weighted by Crippen LogP contribution is -2.36. The van der Waals surface area contributed by atoms with Gasteiger partial charge in [0.1, 0.15) is 0 Å². The summed E-state index contributed by atoms with van der Waals surface area (Å²) in [6, 6.07) is 6.23. The topological polar surface area (TPSA) is 47.6 Å². The summed E-state index contributed by atoms with van der Waals surface area (Å²) in [6.45, 7) is 0.278. The molecular weight excluding hydrogens is 254 g/mol.